The average molecular weight is 501 g/mol. The van der Waals surface area contributed by atoms with Crippen LogP contribution in [-0.2, 0) is 4.74 Å². The Balaban J connectivity index is 1.23. The summed E-state index contributed by atoms with van der Waals surface area (Å²) in [7, 11) is 1.67. The molecule has 3 aromatic rings. The molecular weight excluding hydrogens is 468 g/mol. The monoisotopic (exact) mass is 500 g/mol. The Hall–Kier alpha value is -3.78. The molecule has 0 aliphatic carbocycles. The summed E-state index contributed by atoms with van der Waals surface area (Å²) in [6.07, 6.45) is 1.54. The summed E-state index contributed by atoms with van der Waals surface area (Å²) < 4.78 is 11.1. The Kier molecular flexibility index (Phi) is 7.19. The molecule has 1 N–H and O–H groups in total. The van der Waals surface area contributed by atoms with Crippen LogP contribution in [0.1, 0.15) is 47.6 Å². The first-order chi connectivity index (χ1) is 17.9. The highest BCUT2D eigenvalue weighted by Gasteiger charge is 2.42. The van der Waals surface area contributed by atoms with Crippen LogP contribution in [0.2, 0.25) is 0 Å². The van der Waals surface area contributed by atoms with Gasteiger partial charge in [0.2, 0.25) is 0 Å². The first-order valence-electron chi connectivity index (χ1n) is 12.7. The fourth-order valence-electron chi connectivity index (χ4n) is 5.56. The minimum Gasteiger partial charge on any atom is -0.496 e. The Morgan fingerprint density at radius 2 is 1.95 bits per heavy atom. The molecule has 1 amide bonds. The fraction of sp³-hybridized carbons (Fsp3) is 0.379. The SMILES string of the molecule is COc1ccccc1-c1cc(C2CN3CCC2CC3COC(=O)Nc2cccc(C(C)=O)c2)nc(C)n1. The third-order valence-corrected chi connectivity index (χ3v) is 7.42. The largest absolute Gasteiger partial charge is 0.496 e. The number of ketones is 1. The lowest BCUT2D eigenvalue weighted by Crippen LogP contribution is -2.54. The normalized spacial score (nSPS) is 22.4. The molecule has 2 aromatic carbocycles. The van der Waals surface area contributed by atoms with E-state index in [4.69, 9.17) is 19.4 Å². The van der Waals surface area contributed by atoms with Gasteiger partial charge in [0.05, 0.1) is 12.8 Å². The molecule has 1 aromatic heterocycles. The van der Waals surface area contributed by atoms with E-state index in [1.54, 1.807) is 31.4 Å². The van der Waals surface area contributed by atoms with Gasteiger partial charge in [0.15, 0.2) is 5.78 Å². The Morgan fingerprint density at radius 1 is 1.11 bits per heavy atom. The van der Waals surface area contributed by atoms with Crippen molar-refractivity contribution in [3.05, 3.63) is 71.7 Å². The van der Waals surface area contributed by atoms with Crippen molar-refractivity contribution < 1.29 is 19.1 Å². The van der Waals surface area contributed by atoms with Crippen LogP contribution >= 0.6 is 0 Å². The highest BCUT2D eigenvalue weighted by Crippen LogP contribution is 2.42. The van der Waals surface area contributed by atoms with Gasteiger partial charge in [-0.15, -0.1) is 0 Å². The molecule has 4 heterocycles. The molecule has 3 fully saturated rings. The lowest BCUT2D eigenvalue weighted by atomic mass is 9.74. The van der Waals surface area contributed by atoms with Gasteiger partial charge in [-0.1, -0.05) is 24.3 Å². The molecule has 37 heavy (non-hydrogen) atoms. The Labute approximate surface area is 217 Å². The summed E-state index contributed by atoms with van der Waals surface area (Å²) >= 11 is 0. The zero-order valence-electron chi connectivity index (χ0n) is 21.4. The second-order valence-electron chi connectivity index (χ2n) is 9.83. The molecule has 0 spiro atoms. The van der Waals surface area contributed by atoms with Crippen LogP contribution in [0.4, 0.5) is 10.5 Å². The van der Waals surface area contributed by atoms with Crippen molar-refractivity contribution in [2.45, 2.75) is 38.6 Å². The fourth-order valence-corrected chi connectivity index (χ4v) is 5.56. The van der Waals surface area contributed by atoms with Crippen molar-refractivity contribution in [1.82, 2.24) is 14.9 Å². The maximum atomic E-state index is 12.4. The first-order valence-corrected chi connectivity index (χ1v) is 12.7. The van der Waals surface area contributed by atoms with E-state index >= 15 is 0 Å². The molecule has 192 valence electrons. The summed E-state index contributed by atoms with van der Waals surface area (Å²) in [5.74, 6) is 2.27. The van der Waals surface area contributed by atoms with Gasteiger partial charge in [0, 0.05) is 41.0 Å². The van der Waals surface area contributed by atoms with Gasteiger partial charge >= 0.3 is 6.09 Å². The van der Waals surface area contributed by atoms with Crippen LogP contribution in [0.25, 0.3) is 11.3 Å². The van der Waals surface area contributed by atoms with Crippen molar-refractivity contribution in [3.63, 3.8) is 0 Å². The molecule has 0 saturated carbocycles. The highest BCUT2D eigenvalue weighted by atomic mass is 16.5. The van der Waals surface area contributed by atoms with Crippen LogP contribution in [0.5, 0.6) is 5.75 Å². The number of rotatable bonds is 7. The minimum atomic E-state index is -0.507. The predicted octanol–water partition coefficient (Wildman–Crippen LogP) is 5.09. The van der Waals surface area contributed by atoms with E-state index in [0.29, 0.717) is 29.7 Å². The van der Waals surface area contributed by atoms with Crippen molar-refractivity contribution in [2.24, 2.45) is 5.92 Å². The van der Waals surface area contributed by atoms with E-state index in [-0.39, 0.29) is 11.8 Å². The van der Waals surface area contributed by atoms with Crippen LogP contribution in [0.15, 0.2) is 54.6 Å². The second-order valence-corrected chi connectivity index (χ2v) is 9.83. The van der Waals surface area contributed by atoms with Crippen molar-refractivity contribution in [2.75, 3.05) is 32.1 Å². The number of nitrogens with one attached hydrogen (secondary N) is 1. The first kappa shape index (κ1) is 24.9. The van der Waals surface area contributed by atoms with Crippen molar-refractivity contribution in [3.8, 4) is 17.0 Å². The number of methoxy groups -OCH3 is 1. The third kappa shape index (κ3) is 5.49. The number of amides is 1. The van der Waals surface area contributed by atoms with Crippen molar-refractivity contribution >= 4 is 17.6 Å². The number of para-hydroxylation sites is 1. The number of fused-ring (bicyclic) bond motifs is 3. The number of hydrogen-bond acceptors (Lipinski definition) is 7. The van der Waals surface area contributed by atoms with Gasteiger partial charge in [0.25, 0.3) is 0 Å². The molecule has 8 heteroatoms. The van der Waals surface area contributed by atoms with Gasteiger partial charge in [-0.2, -0.15) is 0 Å². The third-order valence-electron chi connectivity index (χ3n) is 7.42. The van der Waals surface area contributed by atoms with Gasteiger partial charge < -0.3 is 9.47 Å². The molecule has 8 nitrogen and oxygen atoms in total. The Morgan fingerprint density at radius 3 is 2.70 bits per heavy atom. The van der Waals surface area contributed by atoms with Crippen molar-refractivity contribution in [1.29, 1.82) is 0 Å². The molecule has 2 bridgehead atoms. The van der Waals surface area contributed by atoms with E-state index < -0.39 is 6.09 Å². The number of anilines is 1. The number of ether oxygens (including phenoxy) is 2. The standard InChI is InChI=1S/C29H32N4O4/c1-18(34)20-7-6-8-22(13-20)32-29(35)37-17-23-14-21-11-12-33(23)16-25(21)27-15-26(30-19(2)31-27)24-9-4-5-10-28(24)36-3/h4-10,13,15,21,23,25H,11-12,14,16-17H2,1-3H3,(H,32,35). The number of aromatic nitrogens is 2. The second kappa shape index (κ2) is 10.7. The number of hydrogen-bond donors (Lipinski definition) is 1. The Bertz CT molecular complexity index is 1310. The number of Topliss-reactive ketones (excluding diaryl/α,β-unsaturated/α-hetero) is 1. The van der Waals surface area contributed by atoms with E-state index in [1.807, 2.05) is 31.2 Å². The van der Waals surface area contributed by atoms with Gasteiger partial charge in [0.1, 0.15) is 18.2 Å². The van der Waals surface area contributed by atoms with Crippen LogP contribution in [0.3, 0.4) is 0 Å². The van der Waals surface area contributed by atoms with E-state index in [1.165, 1.54) is 6.92 Å². The molecule has 6 rings (SSSR count). The number of benzene rings is 2. The number of aryl methyl sites for hydroxylation is 1. The molecule has 0 radical (unpaired) electrons. The van der Waals surface area contributed by atoms with Crippen LogP contribution in [-0.4, -0.2) is 59.6 Å². The van der Waals surface area contributed by atoms with Gasteiger partial charge in [-0.05, 0) is 69.5 Å². The number of piperidine rings is 3. The summed E-state index contributed by atoms with van der Waals surface area (Å²) in [6, 6.07) is 17.1. The van der Waals surface area contributed by atoms with E-state index in [2.05, 4.69) is 16.3 Å². The number of carbonyl (C=O) groups excluding carboxylic acids is 2. The topological polar surface area (TPSA) is 93.7 Å². The van der Waals surface area contributed by atoms with E-state index in [0.717, 1.165) is 54.5 Å². The number of nitrogens with zero attached hydrogens (tertiary/aromatic N) is 3. The summed E-state index contributed by atoms with van der Waals surface area (Å²) in [6.45, 7) is 5.63. The molecule has 3 saturated heterocycles. The zero-order chi connectivity index (χ0) is 25.9. The lowest BCUT2D eigenvalue weighted by molar-refractivity contribution is -0.00151. The molecule has 3 aliphatic heterocycles. The summed E-state index contributed by atoms with van der Waals surface area (Å²) in [5, 5.41) is 2.73. The summed E-state index contributed by atoms with van der Waals surface area (Å²) in [4.78, 5) is 36.0. The minimum absolute atomic E-state index is 0.0495. The van der Waals surface area contributed by atoms with Gasteiger partial charge in [-0.3, -0.25) is 15.0 Å². The average Bonchev–Trinajstić information content (AvgIpc) is 2.92. The quantitative estimate of drug-likeness (QED) is 0.452. The molecule has 3 aliphatic rings. The predicted molar refractivity (Wildman–Crippen MR) is 141 cm³/mol. The van der Waals surface area contributed by atoms with Crippen LogP contribution < -0.4 is 10.1 Å². The highest BCUT2D eigenvalue weighted by molar-refractivity contribution is 5.96. The molecule has 4 unspecified atom stereocenters. The summed E-state index contributed by atoms with van der Waals surface area (Å²) in [5.41, 5.74) is 4.00. The molecule has 4 atom stereocenters. The zero-order valence-corrected chi connectivity index (χ0v) is 21.4. The van der Waals surface area contributed by atoms with Gasteiger partial charge in [-0.25, -0.2) is 14.8 Å². The van der Waals surface area contributed by atoms with E-state index in [9.17, 15) is 9.59 Å². The van der Waals surface area contributed by atoms with Crippen LogP contribution in [0, 0.1) is 12.8 Å². The lowest BCUT2D eigenvalue weighted by Gasteiger charge is -2.49. The maximum Gasteiger partial charge on any atom is 0.411 e. The number of carbonyl (C=O) groups is 2. The smallest absolute Gasteiger partial charge is 0.411 e. The molecular formula is C29H32N4O4. The maximum absolute atomic E-state index is 12.4.